The Kier molecular flexibility index (Phi) is 4.48. The van der Waals surface area contributed by atoms with Gasteiger partial charge in [-0.3, -0.25) is 9.88 Å². The Morgan fingerprint density at radius 1 is 0.931 bits per heavy atom. The number of hydrogen-bond acceptors (Lipinski definition) is 7. The van der Waals surface area contributed by atoms with Gasteiger partial charge in [-0.05, 0) is 35.4 Å². The fourth-order valence-corrected chi connectivity index (χ4v) is 3.78. The predicted molar refractivity (Wildman–Crippen MR) is 112 cm³/mol. The smallest absolute Gasteiger partial charge is 0.292 e. The minimum atomic E-state index is -0.300. The minimum absolute atomic E-state index is 0.165. The zero-order valence-corrected chi connectivity index (χ0v) is 15.9. The van der Waals surface area contributed by atoms with Crippen molar-refractivity contribution in [1.29, 1.82) is 0 Å². The summed E-state index contributed by atoms with van der Waals surface area (Å²) >= 11 is 0. The number of piperazine rings is 1. The Bertz CT molecular complexity index is 1170. The maximum Gasteiger partial charge on any atom is 0.292 e. The highest BCUT2D eigenvalue weighted by molar-refractivity contribution is 5.86. The molecule has 0 unspecified atom stereocenters. The van der Waals surface area contributed by atoms with Crippen molar-refractivity contribution in [3.8, 4) is 11.1 Å². The van der Waals surface area contributed by atoms with Crippen molar-refractivity contribution in [2.24, 2.45) is 0 Å². The fourth-order valence-electron chi connectivity index (χ4n) is 3.78. The van der Waals surface area contributed by atoms with Crippen LogP contribution in [0.15, 0.2) is 47.0 Å². The van der Waals surface area contributed by atoms with Gasteiger partial charge in [-0.2, -0.15) is 4.98 Å². The van der Waals surface area contributed by atoms with Crippen LogP contribution in [0.3, 0.4) is 0 Å². The third kappa shape index (κ3) is 3.47. The van der Waals surface area contributed by atoms with Crippen LogP contribution < -0.4 is 10.6 Å². The molecule has 2 aromatic carbocycles. The molecular formula is C21H21FN6O. The molecule has 0 aliphatic carbocycles. The Balaban J connectivity index is 1.44. The highest BCUT2D eigenvalue weighted by Gasteiger charge is 2.18. The standard InChI is InChI=1S/C21H21FN6O/c22-5-6-27-7-9-28(10-8-27)20-13-24-16-3-1-14(11-17(16)25-20)15-2-4-19-18(12-15)26-21(23)29-19/h1-4,11-13H,5-10H2,(H2,23,26). The van der Waals surface area contributed by atoms with Gasteiger partial charge in [0.15, 0.2) is 5.58 Å². The van der Waals surface area contributed by atoms with Crippen molar-refractivity contribution in [2.45, 2.75) is 0 Å². The molecule has 0 amide bonds. The van der Waals surface area contributed by atoms with E-state index < -0.39 is 0 Å². The first-order valence-electron chi connectivity index (χ1n) is 9.66. The first-order chi connectivity index (χ1) is 14.2. The molecule has 2 N–H and O–H groups in total. The summed E-state index contributed by atoms with van der Waals surface area (Å²) < 4.78 is 17.9. The van der Waals surface area contributed by atoms with Crippen molar-refractivity contribution in [2.75, 3.05) is 50.0 Å². The molecule has 1 saturated heterocycles. The van der Waals surface area contributed by atoms with E-state index in [9.17, 15) is 4.39 Å². The number of nitrogens with zero attached hydrogens (tertiary/aromatic N) is 5. The first kappa shape index (κ1) is 17.8. The van der Waals surface area contributed by atoms with Crippen molar-refractivity contribution in [1.82, 2.24) is 19.9 Å². The third-order valence-electron chi connectivity index (χ3n) is 5.36. The monoisotopic (exact) mass is 392 g/mol. The molecule has 7 nitrogen and oxygen atoms in total. The summed E-state index contributed by atoms with van der Waals surface area (Å²) in [5, 5.41) is 0. The lowest BCUT2D eigenvalue weighted by Crippen LogP contribution is -2.47. The van der Waals surface area contributed by atoms with Crippen molar-refractivity contribution < 1.29 is 8.81 Å². The van der Waals surface area contributed by atoms with Gasteiger partial charge in [0, 0.05) is 32.7 Å². The molecule has 0 saturated carbocycles. The van der Waals surface area contributed by atoms with E-state index in [0.717, 1.165) is 59.7 Å². The molecule has 3 heterocycles. The number of rotatable bonds is 4. The van der Waals surface area contributed by atoms with E-state index in [4.69, 9.17) is 15.1 Å². The van der Waals surface area contributed by atoms with E-state index in [1.807, 2.05) is 42.6 Å². The topological polar surface area (TPSA) is 84.3 Å². The van der Waals surface area contributed by atoms with Crippen molar-refractivity contribution >= 4 is 34.0 Å². The molecule has 1 aliphatic rings. The molecule has 1 fully saturated rings. The second kappa shape index (κ2) is 7.29. The highest BCUT2D eigenvalue weighted by atomic mass is 19.1. The third-order valence-corrected chi connectivity index (χ3v) is 5.36. The van der Waals surface area contributed by atoms with Crippen LogP contribution in [-0.4, -0.2) is 59.3 Å². The molecule has 0 radical (unpaired) electrons. The summed E-state index contributed by atoms with van der Waals surface area (Å²) in [6.45, 7) is 3.52. The van der Waals surface area contributed by atoms with Crippen LogP contribution in [0.5, 0.6) is 0 Å². The van der Waals surface area contributed by atoms with E-state index in [2.05, 4.69) is 19.8 Å². The zero-order chi connectivity index (χ0) is 19.8. The maximum absolute atomic E-state index is 12.5. The van der Waals surface area contributed by atoms with Crippen LogP contribution in [0, 0.1) is 0 Å². The summed E-state index contributed by atoms with van der Waals surface area (Å²) in [5.41, 5.74) is 10.8. The van der Waals surface area contributed by atoms with Crippen LogP contribution in [0.4, 0.5) is 16.2 Å². The molecule has 8 heteroatoms. The molecule has 148 valence electrons. The van der Waals surface area contributed by atoms with E-state index in [1.54, 1.807) is 0 Å². The van der Waals surface area contributed by atoms with Gasteiger partial charge in [0.25, 0.3) is 6.01 Å². The normalized spacial score (nSPS) is 15.4. The van der Waals surface area contributed by atoms with Crippen molar-refractivity contribution in [3.63, 3.8) is 0 Å². The molecular weight excluding hydrogens is 371 g/mol. The second-order valence-electron chi connectivity index (χ2n) is 7.18. The van der Waals surface area contributed by atoms with Crippen LogP contribution in [0.2, 0.25) is 0 Å². The summed E-state index contributed by atoms with van der Waals surface area (Å²) in [4.78, 5) is 18.0. The second-order valence-corrected chi connectivity index (χ2v) is 7.18. The SMILES string of the molecule is Nc1nc2cc(-c3ccc4ncc(N5CCN(CCF)CC5)nc4c3)ccc2o1. The molecule has 29 heavy (non-hydrogen) atoms. The van der Waals surface area contributed by atoms with E-state index >= 15 is 0 Å². The van der Waals surface area contributed by atoms with Crippen LogP contribution in [-0.2, 0) is 0 Å². The van der Waals surface area contributed by atoms with Crippen LogP contribution in [0.25, 0.3) is 33.3 Å². The average molecular weight is 392 g/mol. The number of anilines is 2. The van der Waals surface area contributed by atoms with Crippen molar-refractivity contribution in [3.05, 3.63) is 42.6 Å². The Hall–Kier alpha value is -3.26. The number of aromatic nitrogens is 3. The van der Waals surface area contributed by atoms with Crippen LogP contribution in [0.1, 0.15) is 0 Å². The minimum Gasteiger partial charge on any atom is -0.424 e. The molecule has 0 spiro atoms. The lowest BCUT2D eigenvalue weighted by Gasteiger charge is -2.34. The van der Waals surface area contributed by atoms with Gasteiger partial charge in [0.05, 0.1) is 17.2 Å². The maximum atomic E-state index is 12.5. The highest BCUT2D eigenvalue weighted by Crippen LogP contribution is 2.28. The molecule has 2 aromatic heterocycles. The number of benzene rings is 2. The van der Waals surface area contributed by atoms with Gasteiger partial charge in [-0.15, -0.1) is 0 Å². The predicted octanol–water partition coefficient (Wildman–Crippen LogP) is 3.11. The first-order valence-corrected chi connectivity index (χ1v) is 9.66. The number of oxazole rings is 1. The van der Waals surface area contributed by atoms with Gasteiger partial charge in [-0.1, -0.05) is 12.1 Å². The quantitative estimate of drug-likeness (QED) is 0.571. The number of hydrogen-bond donors (Lipinski definition) is 1. The lowest BCUT2D eigenvalue weighted by atomic mass is 10.0. The van der Waals surface area contributed by atoms with E-state index in [-0.39, 0.29) is 12.7 Å². The lowest BCUT2D eigenvalue weighted by molar-refractivity contribution is 0.235. The Labute approximate surface area is 167 Å². The van der Waals surface area contributed by atoms with Gasteiger partial charge >= 0.3 is 0 Å². The van der Waals surface area contributed by atoms with Gasteiger partial charge in [0.1, 0.15) is 18.0 Å². The molecule has 0 atom stereocenters. The molecule has 4 aromatic rings. The molecule has 1 aliphatic heterocycles. The van der Waals surface area contributed by atoms with E-state index in [0.29, 0.717) is 12.1 Å². The number of nitrogen functional groups attached to an aromatic ring is 1. The Morgan fingerprint density at radius 2 is 1.69 bits per heavy atom. The van der Waals surface area contributed by atoms with Gasteiger partial charge < -0.3 is 15.1 Å². The summed E-state index contributed by atoms with van der Waals surface area (Å²) in [6.07, 6.45) is 1.82. The molecule has 5 rings (SSSR count). The Morgan fingerprint density at radius 3 is 2.48 bits per heavy atom. The zero-order valence-electron chi connectivity index (χ0n) is 15.9. The summed E-state index contributed by atoms with van der Waals surface area (Å²) in [5.74, 6) is 0.856. The average Bonchev–Trinajstić information content (AvgIpc) is 3.13. The molecule has 0 bridgehead atoms. The van der Waals surface area contributed by atoms with Crippen LogP contribution >= 0.6 is 0 Å². The van der Waals surface area contributed by atoms with Gasteiger partial charge in [-0.25, -0.2) is 9.37 Å². The number of fused-ring (bicyclic) bond motifs is 2. The fraction of sp³-hybridized carbons (Fsp3) is 0.286. The van der Waals surface area contributed by atoms with Gasteiger partial charge in [0.2, 0.25) is 0 Å². The summed E-state index contributed by atoms with van der Waals surface area (Å²) in [6, 6.07) is 12.0. The largest absolute Gasteiger partial charge is 0.424 e. The van der Waals surface area contributed by atoms with E-state index in [1.165, 1.54) is 0 Å². The number of halogens is 1. The number of nitrogens with two attached hydrogens (primary N) is 1. The summed E-state index contributed by atoms with van der Waals surface area (Å²) in [7, 11) is 0. The number of alkyl halides is 1.